The van der Waals surface area contributed by atoms with E-state index >= 15 is 0 Å². The van der Waals surface area contributed by atoms with Gasteiger partial charge in [0.2, 0.25) is 11.8 Å². The largest absolute Gasteiger partial charge is 0.493 e. The molecule has 0 aliphatic rings. The lowest BCUT2D eigenvalue weighted by molar-refractivity contribution is 0.0937. The third kappa shape index (κ3) is 4.29. The van der Waals surface area contributed by atoms with Gasteiger partial charge in [0.15, 0.2) is 11.5 Å². The smallest absolute Gasteiger partial charge is 0.252 e. The second kappa shape index (κ2) is 9.30. The summed E-state index contributed by atoms with van der Waals surface area (Å²) in [6.07, 6.45) is 0. The number of hydrogen-bond acceptors (Lipinski definition) is 6. The van der Waals surface area contributed by atoms with Gasteiger partial charge in [0.05, 0.1) is 14.2 Å². The first-order valence-corrected chi connectivity index (χ1v) is 9.77. The Hall–Kier alpha value is -4.20. The zero-order chi connectivity index (χ0) is 22.5. The molecule has 0 unspecified atom stereocenters. The van der Waals surface area contributed by atoms with Crippen molar-refractivity contribution in [2.75, 3.05) is 14.2 Å². The average Bonchev–Trinajstić information content (AvgIpc) is 3.33. The van der Waals surface area contributed by atoms with Crippen LogP contribution in [0.15, 0.2) is 77.2 Å². The van der Waals surface area contributed by atoms with Crippen LogP contribution in [0.25, 0.3) is 11.5 Å². The fourth-order valence-electron chi connectivity index (χ4n) is 3.22. The van der Waals surface area contributed by atoms with Gasteiger partial charge in [0, 0.05) is 16.7 Å². The highest BCUT2D eigenvalue weighted by atomic mass is 19.1. The maximum Gasteiger partial charge on any atom is 0.252 e. The number of hydrogen-bond donors (Lipinski definition) is 1. The number of halogens is 1. The molecular weight excluding hydrogens is 413 g/mol. The number of methoxy groups -OCH3 is 2. The second-order valence-corrected chi connectivity index (χ2v) is 6.81. The van der Waals surface area contributed by atoms with Crippen LogP contribution >= 0.6 is 0 Å². The van der Waals surface area contributed by atoms with E-state index in [9.17, 15) is 9.18 Å². The van der Waals surface area contributed by atoms with Gasteiger partial charge in [-0.05, 0) is 36.4 Å². The molecule has 0 bridgehead atoms. The van der Waals surface area contributed by atoms with Gasteiger partial charge in [0.1, 0.15) is 11.9 Å². The van der Waals surface area contributed by atoms with Crippen LogP contribution in [-0.4, -0.2) is 30.3 Å². The van der Waals surface area contributed by atoms with Crippen LogP contribution in [-0.2, 0) is 0 Å². The van der Waals surface area contributed by atoms with Gasteiger partial charge in [-0.1, -0.05) is 36.4 Å². The zero-order valence-electron chi connectivity index (χ0n) is 17.4. The van der Waals surface area contributed by atoms with Crippen LogP contribution in [0.1, 0.15) is 27.9 Å². The summed E-state index contributed by atoms with van der Waals surface area (Å²) in [6, 6.07) is 19.0. The van der Waals surface area contributed by atoms with Gasteiger partial charge >= 0.3 is 0 Å². The predicted molar refractivity (Wildman–Crippen MR) is 115 cm³/mol. The number of aromatic nitrogens is 2. The number of benzene rings is 3. The third-order valence-corrected chi connectivity index (χ3v) is 4.85. The molecule has 0 saturated heterocycles. The van der Waals surface area contributed by atoms with Crippen LogP contribution in [0.5, 0.6) is 11.5 Å². The van der Waals surface area contributed by atoms with Gasteiger partial charge in [-0.15, -0.1) is 10.2 Å². The van der Waals surface area contributed by atoms with Gasteiger partial charge in [-0.2, -0.15) is 0 Å². The number of ether oxygens (including phenoxy) is 2. The molecule has 8 heteroatoms. The van der Waals surface area contributed by atoms with Crippen molar-refractivity contribution in [3.63, 3.8) is 0 Å². The molecule has 1 heterocycles. The van der Waals surface area contributed by atoms with E-state index in [0.29, 0.717) is 22.6 Å². The van der Waals surface area contributed by atoms with E-state index in [1.807, 2.05) is 30.3 Å². The Kier molecular flexibility index (Phi) is 6.12. The maximum absolute atomic E-state index is 14.6. The number of rotatable bonds is 7. The minimum absolute atomic E-state index is 0.0581. The van der Waals surface area contributed by atoms with Gasteiger partial charge < -0.3 is 19.2 Å². The minimum atomic E-state index is -0.998. The summed E-state index contributed by atoms with van der Waals surface area (Å²) in [4.78, 5) is 13.0. The first-order chi connectivity index (χ1) is 15.6. The second-order valence-electron chi connectivity index (χ2n) is 6.81. The number of carbonyl (C=O) groups is 1. The number of carbonyl (C=O) groups excluding carboxylic acids is 1. The Morgan fingerprint density at radius 2 is 1.66 bits per heavy atom. The van der Waals surface area contributed by atoms with Crippen molar-refractivity contribution in [1.29, 1.82) is 0 Å². The first kappa shape index (κ1) is 21.0. The van der Waals surface area contributed by atoms with Crippen molar-refractivity contribution < 1.29 is 23.1 Å². The lowest BCUT2D eigenvalue weighted by atomic mass is 10.1. The fraction of sp³-hybridized carbons (Fsp3) is 0.125. The van der Waals surface area contributed by atoms with Crippen LogP contribution < -0.4 is 14.8 Å². The summed E-state index contributed by atoms with van der Waals surface area (Å²) >= 11 is 0. The van der Waals surface area contributed by atoms with Gasteiger partial charge in [-0.3, -0.25) is 4.79 Å². The van der Waals surface area contributed by atoms with Crippen molar-refractivity contribution >= 4 is 5.91 Å². The van der Waals surface area contributed by atoms with Crippen molar-refractivity contribution in [3.8, 4) is 23.0 Å². The lowest BCUT2D eigenvalue weighted by Gasteiger charge is -2.17. The van der Waals surface area contributed by atoms with E-state index in [4.69, 9.17) is 13.9 Å². The molecular formula is C24H20FN3O4. The van der Waals surface area contributed by atoms with Crippen LogP contribution in [0.4, 0.5) is 4.39 Å². The Morgan fingerprint density at radius 3 is 2.38 bits per heavy atom. The number of nitrogens with zero attached hydrogens (tertiary/aromatic N) is 2. The molecule has 4 rings (SSSR count). The van der Waals surface area contributed by atoms with Crippen molar-refractivity contribution in [1.82, 2.24) is 15.5 Å². The lowest BCUT2D eigenvalue weighted by Crippen LogP contribution is -2.30. The van der Waals surface area contributed by atoms with Gasteiger partial charge in [0.25, 0.3) is 5.91 Å². The van der Waals surface area contributed by atoms with E-state index in [1.165, 1.54) is 26.4 Å². The molecule has 7 nitrogen and oxygen atoms in total. The molecule has 0 spiro atoms. The monoisotopic (exact) mass is 433 g/mol. The zero-order valence-corrected chi connectivity index (χ0v) is 17.4. The highest BCUT2D eigenvalue weighted by molar-refractivity contribution is 5.95. The normalized spacial score (nSPS) is 11.6. The summed E-state index contributed by atoms with van der Waals surface area (Å²) in [5.41, 5.74) is 1.21. The summed E-state index contributed by atoms with van der Waals surface area (Å²) in [7, 11) is 2.98. The molecule has 0 saturated carbocycles. The summed E-state index contributed by atoms with van der Waals surface area (Å²) < 4.78 is 30.9. The molecule has 4 aromatic rings. The molecule has 1 N–H and O–H groups in total. The molecule has 0 fully saturated rings. The Bertz CT molecular complexity index is 1230. The highest BCUT2D eigenvalue weighted by Crippen LogP contribution is 2.30. The van der Waals surface area contributed by atoms with E-state index in [1.54, 1.807) is 30.3 Å². The molecule has 1 atom stereocenters. The molecule has 0 radical (unpaired) electrons. The fourth-order valence-corrected chi connectivity index (χ4v) is 3.22. The van der Waals surface area contributed by atoms with Crippen molar-refractivity contribution in [3.05, 3.63) is 95.6 Å². The van der Waals surface area contributed by atoms with E-state index in [-0.39, 0.29) is 17.3 Å². The molecule has 3 aromatic carbocycles. The van der Waals surface area contributed by atoms with Crippen LogP contribution in [0, 0.1) is 5.82 Å². The Labute approximate surface area is 183 Å². The van der Waals surface area contributed by atoms with E-state index in [2.05, 4.69) is 15.5 Å². The predicted octanol–water partition coefficient (Wildman–Crippen LogP) is 4.41. The molecule has 1 amide bonds. The molecule has 0 aliphatic heterocycles. The third-order valence-electron chi connectivity index (χ3n) is 4.85. The van der Waals surface area contributed by atoms with Crippen LogP contribution in [0.3, 0.4) is 0 Å². The standard InChI is InChI=1S/C24H20FN3O4/c1-30-19-13-12-16(14-20(19)31-2)22(29)26-21(17-10-6-7-11-18(17)25)24-28-27-23(32-24)15-8-4-3-5-9-15/h3-14,21H,1-2H3,(H,26,29)/t21-/m0/s1. The molecule has 162 valence electrons. The van der Waals surface area contributed by atoms with E-state index in [0.717, 1.165) is 0 Å². The average molecular weight is 433 g/mol. The van der Waals surface area contributed by atoms with E-state index < -0.39 is 17.8 Å². The topological polar surface area (TPSA) is 86.5 Å². The summed E-state index contributed by atoms with van der Waals surface area (Å²) in [5.74, 6) is 0.221. The Morgan fingerprint density at radius 1 is 0.938 bits per heavy atom. The van der Waals surface area contributed by atoms with Crippen LogP contribution in [0.2, 0.25) is 0 Å². The minimum Gasteiger partial charge on any atom is -0.493 e. The Balaban J connectivity index is 1.69. The number of nitrogens with one attached hydrogen (secondary N) is 1. The first-order valence-electron chi connectivity index (χ1n) is 9.77. The van der Waals surface area contributed by atoms with Crippen molar-refractivity contribution in [2.45, 2.75) is 6.04 Å². The highest BCUT2D eigenvalue weighted by Gasteiger charge is 2.26. The molecule has 1 aromatic heterocycles. The van der Waals surface area contributed by atoms with Gasteiger partial charge in [-0.25, -0.2) is 4.39 Å². The van der Waals surface area contributed by atoms with Crippen molar-refractivity contribution in [2.24, 2.45) is 0 Å². The molecule has 0 aliphatic carbocycles. The molecule has 32 heavy (non-hydrogen) atoms. The maximum atomic E-state index is 14.6. The number of amides is 1. The summed E-state index contributed by atoms with van der Waals surface area (Å²) in [6.45, 7) is 0. The quantitative estimate of drug-likeness (QED) is 0.465. The summed E-state index contributed by atoms with van der Waals surface area (Å²) in [5, 5.41) is 10.9. The SMILES string of the molecule is COc1ccc(C(=O)N[C@H](c2nnc(-c3ccccc3)o2)c2ccccc2F)cc1OC.